The summed E-state index contributed by atoms with van der Waals surface area (Å²) >= 11 is 0. The van der Waals surface area contributed by atoms with Gasteiger partial charge in [-0.1, -0.05) is 0 Å². The van der Waals surface area contributed by atoms with Crippen LogP contribution in [0.5, 0.6) is 0 Å². The molecule has 0 spiro atoms. The summed E-state index contributed by atoms with van der Waals surface area (Å²) in [5, 5.41) is 13.1. The van der Waals surface area contributed by atoms with Crippen molar-refractivity contribution in [2.45, 2.75) is 19.4 Å². The van der Waals surface area contributed by atoms with Crippen LogP contribution in [0.25, 0.3) is 0 Å². The van der Waals surface area contributed by atoms with Crippen molar-refractivity contribution in [3.05, 3.63) is 23.7 Å². The lowest BCUT2D eigenvalue weighted by atomic mass is 10.1. The van der Waals surface area contributed by atoms with Crippen LogP contribution in [-0.2, 0) is 4.74 Å². The molecule has 1 unspecified atom stereocenters. The first kappa shape index (κ1) is 15.0. The number of rotatable bonds is 5. The largest absolute Gasteiger partial charge is 0.469 e. The number of morpholine rings is 1. The van der Waals surface area contributed by atoms with Gasteiger partial charge in [-0.2, -0.15) is 0 Å². The standard InChI is InChI=1S/C14H22N2O4/c1-11-12(3-6-20-11)13(17)15-9-14(2,18)10-16-4-7-19-8-5-16/h3,6,18H,4-5,7-10H2,1-2H3,(H,15,17). The van der Waals surface area contributed by atoms with Gasteiger partial charge in [0.1, 0.15) is 5.76 Å². The van der Waals surface area contributed by atoms with Crippen LogP contribution in [0.15, 0.2) is 16.7 Å². The zero-order valence-corrected chi connectivity index (χ0v) is 12.0. The van der Waals surface area contributed by atoms with E-state index in [9.17, 15) is 9.90 Å². The summed E-state index contributed by atoms with van der Waals surface area (Å²) < 4.78 is 10.4. The van der Waals surface area contributed by atoms with Crippen molar-refractivity contribution >= 4 is 5.91 Å². The summed E-state index contributed by atoms with van der Waals surface area (Å²) in [7, 11) is 0. The number of aliphatic hydroxyl groups is 1. The number of amides is 1. The Morgan fingerprint density at radius 3 is 2.80 bits per heavy atom. The van der Waals surface area contributed by atoms with Crippen LogP contribution in [0.2, 0.25) is 0 Å². The molecule has 6 heteroatoms. The molecular weight excluding hydrogens is 260 g/mol. The van der Waals surface area contributed by atoms with Gasteiger partial charge in [-0.25, -0.2) is 0 Å². The zero-order chi connectivity index (χ0) is 14.6. The monoisotopic (exact) mass is 282 g/mol. The lowest BCUT2D eigenvalue weighted by Crippen LogP contribution is -2.51. The molecule has 1 aromatic heterocycles. The highest BCUT2D eigenvalue weighted by atomic mass is 16.5. The Morgan fingerprint density at radius 2 is 2.20 bits per heavy atom. The van der Waals surface area contributed by atoms with Crippen molar-refractivity contribution < 1.29 is 19.1 Å². The van der Waals surface area contributed by atoms with E-state index in [0.717, 1.165) is 13.1 Å². The molecule has 1 fully saturated rings. The molecular formula is C14H22N2O4. The van der Waals surface area contributed by atoms with E-state index in [4.69, 9.17) is 9.15 Å². The van der Waals surface area contributed by atoms with Gasteiger partial charge in [-0.05, 0) is 19.9 Å². The molecule has 2 rings (SSSR count). The SMILES string of the molecule is Cc1occc1C(=O)NCC(C)(O)CN1CCOCC1. The molecule has 1 aliphatic heterocycles. The number of nitrogens with zero attached hydrogens (tertiary/aromatic N) is 1. The summed E-state index contributed by atoms with van der Waals surface area (Å²) in [5.41, 5.74) is -0.461. The van der Waals surface area contributed by atoms with Gasteiger partial charge in [0.15, 0.2) is 0 Å². The number of carbonyl (C=O) groups excluding carboxylic acids is 1. The molecule has 0 bridgehead atoms. The van der Waals surface area contributed by atoms with Gasteiger partial charge >= 0.3 is 0 Å². The maximum absolute atomic E-state index is 11.9. The highest BCUT2D eigenvalue weighted by Gasteiger charge is 2.26. The van der Waals surface area contributed by atoms with Gasteiger partial charge in [0.25, 0.3) is 5.91 Å². The average molecular weight is 282 g/mol. The van der Waals surface area contributed by atoms with E-state index in [1.165, 1.54) is 6.26 Å². The molecule has 0 saturated carbocycles. The van der Waals surface area contributed by atoms with Crippen LogP contribution < -0.4 is 5.32 Å². The lowest BCUT2D eigenvalue weighted by Gasteiger charge is -2.33. The van der Waals surface area contributed by atoms with Crippen molar-refractivity contribution in [2.24, 2.45) is 0 Å². The maximum Gasteiger partial charge on any atom is 0.254 e. The van der Waals surface area contributed by atoms with E-state index in [-0.39, 0.29) is 12.5 Å². The normalized spacial score (nSPS) is 19.6. The minimum atomic E-state index is -0.968. The van der Waals surface area contributed by atoms with Crippen molar-refractivity contribution in [2.75, 3.05) is 39.4 Å². The molecule has 1 saturated heterocycles. The van der Waals surface area contributed by atoms with Gasteiger partial charge in [-0.15, -0.1) is 0 Å². The second-order valence-electron chi connectivity index (χ2n) is 5.46. The molecule has 112 valence electrons. The highest BCUT2D eigenvalue weighted by Crippen LogP contribution is 2.10. The van der Waals surface area contributed by atoms with Crippen LogP contribution in [0, 0.1) is 6.92 Å². The number of furan rings is 1. The summed E-state index contributed by atoms with van der Waals surface area (Å²) in [6.45, 7) is 7.18. The second-order valence-corrected chi connectivity index (χ2v) is 5.46. The molecule has 0 aliphatic carbocycles. The predicted octanol–water partition coefficient (Wildman–Crippen LogP) is 0.401. The minimum Gasteiger partial charge on any atom is -0.469 e. The Kier molecular flexibility index (Phi) is 4.80. The number of hydrogen-bond donors (Lipinski definition) is 2. The predicted molar refractivity (Wildman–Crippen MR) is 73.7 cm³/mol. The fourth-order valence-electron chi connectivity index (χ4n) is 2.28. The molecule has 0 radical (unpaired) electrons. The van der Waals surface area contributed by atoms with E-state index in [1.807, 2.05) is 0 Å². The Bertz CT molecular complexity index is 450. The number of carbonyl (C=O) groups is 1. The van der Waals surface area contributed by atoms with Gasteiger partial charge in [-0.3, -0.25) is 9.69 Å². The summed E-state index contributed by atoms with van der Waals surface area (Å²) in [5.74, 6) is 0.355. The van der Waals surface area contributed by atoms with E-state index in [0.29, 0.717) is 31.1 Å². The fraction of sp³-hybridized carbons (Fsp3) is 0.643. The van der Waals surface area contributed by atoms with Crippen molar-refractivity contribution in [1.82, 2.24) is 10.2 Å². The molecule has 1 aromatic rings. The highest BCUT2D eigenvalue weighted by molar-refractivity contribution is 5.95. The van der Waals surface area contributed by atoms with Crippen LogP contribution in [-0.4, -0.2) is 60.9 Å². The minimum absolute atomic E-state index is 0.202. The van der Waals surface area contributed by atoms with Gasteiger partial charge in [0.2, 0.25) is 0 Å². The zero-order valence-electron chi connectivity index (χ0n) is 12.0. The number of aryl methyl sites for hydroxylation is 1. The Labute approximate surface area is 118 Å². The molecule has 1 atom stereocenters. The third kappa shape index (κ3) is 4.06. The van der Waals surface area contributed by atoms with Crippen LogP contribution in [0.4, 0.5) is 0 Å². The third-order valence-electron chi connectivity index (χ3n) is 3.40. The summed E-state index contributed by atoms with van der Waals surface area (Å²) in [6, 6.07) is 1.63. The maximum atomic E-state index is 11.9. The van der Waals surface area contributed by atoms with E-state index >= 15 is 0 Å². The smallest absolute Gasteiger partial charge is 0.254 e. The molecule has 20 heavy (non-hydrogen) atoms. The van der Waals surface area contributed by atoms with E-state index in [1.54, 1.807) is 19.9 Å². The van der Waals surface area contributed by atoms with Gasteiger partial charge in [0.05, 0.1) is 30.6 Å². The number of nitrogens with one attached hydrogen (secondary N) is 1. The first-order valence-electron chi connectivity index (χ1n) is 6.83. The van der Waals surface area contributed by atoms with Crippen LogP contribution in [0.3, 0.4) is 0 Å². The van der Waals surface area contributed by atoms with E-state index < -0.39 is 5.60 Å². The van der Waals surface area contributed by atoms with E-state index in [2.05, 4.69) is 10.2 Å². The Hall–Kier alpha value is -1.37. The number of β-amino-alcohol motifs (C(OH)–C–C–N with tert-alkyl or cyclic N) is 1. The molecule has 6 nitrogen and oxygen atoms in total. The number of ether oxygens (including phenoxy) is 1. The molecule has 1 aliphatic rings. The topological polar surface area (TPSA) is 74.9 Å². The Morgan fingerprint density at radius 1 is 1.50 bits per heavy atom. The average Bonchev–Trinajstić information content (AvgIpc) is 2.83. The van der Waals surface area contributed by atoms with Crippen LogP contribution >= 0.6 is 0 Å². The van der Waals surface area contributed by atoms with Crippen molar-refractivity contribution in [1.29, 1.82) is 0 Å². The lowest BCUT2D eigenvalue weighted by molar-refractivity contribution is -0.0213. The first-order chi connectivity index (χ1) is 9.48. The van der Waals surface area contributed by atoms with Gasteiger partial charge in [0, 0.05) is 26.2 Å². The number of hydrogen-bond acceptors (Lipinski definition) is 5. The molecule has 2 N–H and O–H groups in total. The third-order valence-corrected chi connectivity index (χ3v) is 3.40. The second kappa shape index (κ2) is 6.39. The van der Waals surface area contributed by atoms with Gasteiger partial charge < -0.3 is 19.6 Å². The van der Waals surface area contributed by atoms with Crippen molar-refractivity contribution in [3.63, 3.8) is 0 Å². The first-order valence-corrected chi connectivity index (χ1v) is 6.83. The summed E-state index contributed by atoms with van der Waals surface area (Å²) in [4.78, 5) is 14.1. The van der Waals surface area contributed by atoms with Crippen LogP contribution in [0.1, 0.15) is 23.0 Å². The Balaban J connectivity index is 1.82. The fourth-order valence-corrected chi connectivity index (χ4v) is 2.28. The molecule has 1 amide bonds. The summed E-state index contributed by atoms with van der Waals surface area (Å²) in [6.07, 6.45) is 1.48. The van der Waals surface area contributed by atoms with Crippen molar-refractivity contribution in [3.8, 4) is 0 Å². The molecule has 0 aromatic carbocycles. The quantitative estimate of drug-likeness (QED) is 0.818. The molecule has 2 heterocycles.